The van der Waals surface area contributed by atoms with Gasteiger partial charge in [-0.05, 0) is 47.0 Å². The molecule has 1 saturated heterocycles. The number of hydrogen-bond donors (Lipinski definition) is 1. The molecule has 2 rings (SSSR count). The summed E-state index contributed by atoms with van der Waals surface area (Å²) in [5.74, 6) is 0.817. The third kappa shape index (κ3) is 3.98. The second kappa shape index (κ2) is 6.61. The van der Waals surface area contributed by atoms with E-state index in [0.717, 1.165) is 44.8 Å². The maximum absolute atomic E-state index is 9.73. The van der Waals surface area contributed by atoms with Gasteiger partial charge in [0.25, 0.3) is 0 Å². The van der Waals surface area contributed by atoms with Crippen LogP contribution in [-0.4, -0.2) is 65.2 Å². The molecule has 0 unspecified atom stereocenters. The van der Waals surface area contributed by atoms with Crippen molar-refractivity contribution in [3.63, 3.8) is 0 Å². The Labute approximate surface area is 121 Å². The molecule has 0 atom stereocenters. The SMILES string of the molecule is Cc1ncc(CN2CCC(CO)(CN(C)C)CC2)cn1. The lowest BCUT2D eigenvalue weighted by atomic mass is 9.78. The smallest absolute Gasteiger partial charge is 0.125 e. The van der Waals surface area contributed by atoms with Gasteiger partial charge < -0.3 is 10.0 Å². The molecule has 1 aliphatic rings. The van der Waals surface area contributed by atoms with Gasteiger partial charge >= 0.3 is 0 Å². The zero-order valence-corrected chi connectivity index (χ0v) is 12.8. The van der Waals surface area contributed by atoms with Gasteiger partial charge in [-0.15, -0.1) is 0 Å². The number of aliphatic hydroxyl groups excluding tert-OH is 1. The van der Waals surface area contributed by atoms with Crippen LogP contribution in [0.15, 0.2) is 12.4 Å². The molecule has 0 bridgehead atoms. The van der Waals surface area contributed by atoms with Crippen molar-refractivity contribution in [2.24, 2.45) is 5.41 Å². The maximum atomic E-state index is 9.73. The van der Waals surface area contributed by atoms with Crippen molar-refractivity contribution in [1.82, 2.24) is 19.8 Å². The van der Waals surface area contributed by atoms with E-state index in [-0.39, 0.29) is 12.0 Å². The third-order valence-electron chi connectivity index (χ3n) is 4.14. The minimum absolute atomic E-state index is 0.0732. The first-order valence-corrected chi connectivity index (χ1v) is 7.28. The number of likely N-dealkylation sites (tertiary alicyclic amines) is 1. The Kier molecular flexibility index (Phi) is 5.07. The second-order valence-electron chi connectivity index (χ2n) is 6.31. The molecule has 1 aromatic rings. The standard InChI is InChI=1S/C15H26N4O/c1-13-16-8-14(9-17-13)10-19-6-4-15(12-20,5-7-19)11-18(2)3/h8-9,20H,4-7,10-12H2,1-3H3. The molecule has 1 aliphatic heterocycles. The molecule has 5 heteroatoms. The van der Waals surface area contributed by atoms with E-state index in [2.05, 4.69) is 33.9 Å². The number of nitrogens with zero attached hydrogens (tertiary/aromatic N) is 4. The van der Waals surface area contributed by atoms with Crippen LogP contribution in [-0.2, 0) is 6.54 Å². The summed E-state index contributed by atoms with van der Waals surface area (Å²) < 4.78 is 0. The van der Waals surface area contributed by atoms with E-state index in [1.54, 1.807) is 0 Å². The van der Waals surface area contributed by atoms with Crippen molar-refractivity contribution in [2.75, 3.05) is 40.3 Å². The Morgan fingerprint density at radius 2 is 1.85 bits per heavy atom. The number of hydrogen-bond acceptors (Lipinski definition) is 5. The lowest BCUT2D eigenvalue weighted by Gasteiger charge is -2.42. The monoisotopic (exact) mass is 278 g/mol. The fraction of sp³-hybridized carbons (Fsp3) is 0.733. The van der Waals surface area contributed by atoms with Crippen molar-refractivity contribution < 1.29 is 5.11 Å². The summed E-state index contributed by atoms with van der Waals surface area (Å²) in [5, 5.41) is 9.73. The van der Waals surface area contributed by atoms with Gasteiger partial charge in [0, 0.05) is 36.5 Å². The van der Waals surface area contributed by atoms with Gasteiger partial charge in [0.1, 0.15) is 5.82 Å². The predicted octanol–water partition coefficient (Wildman–Crippen LogP) is 0.921. The van der Waals surface area contributed by atoms with Crippen molar-refractivity contribution in [3.05, 3.63) is 23.8 Å². The van der Waals surface area contributed by atoms with E-state index in [9.17, 15) is 5.11 Å². The van der Waals surface area contributed by atoms with Gasteiger partial charge in [-0.25, -0.2) is 9.97 Å². The Morgan fingerprint density at radius 3 is 2.35 bits per heavy atom. The number of aliphatic hydroxyl groups is 1. The fourth-order valence-corrected chi connectivity index (χ4v) is 2.98. The van der Waals surface area contributed by atoms with Crippen molar-refractivity contribution in [1.29, 1.82) is 0 Å². The summed E-state index contributed by atoms with van der Waals surface area (Å²) in [6, 6.07) is 0. The Morgan fingerprint density at radius 1 is 1.25 bits per heavy atom. The van der Waals surface area contributed by atoms with Crippen LogP contribution in [0.25, 0.3) is 0 Å². The molecule has 1 N–H and O–H groups in total. The summed E-state index contributed by atoms with van der Waals surface area (Å²) in [6.07, 6.45) is 5.93. The lowest BCUT2D eigenvalue weighted by molar-refractivity contribution is 0.0218. The minimum atomic E-state index is 0.0732. The van der Waals surface area contributed by atoms with Crippen LogP contribution in [0.1, 0.15) is 24.2 Å². The van der Waals surface area contributed by atoms with Crippen molar-refractivity contribution >= 4 is 0 Å². The summed E-state index contributed by atoms with van der Waals surface area (Å²) in [6.45, 7) is 6.12. The Bertz CT molecular complexity index is 410. The largest absolute Gasteiger partial charge is 0.396 e. The van der Waals surface area contributed by atoms with Gasteiger partial charge in [-0.1, -0.05) is 0 Å². The van der Waals surface area contributed by atoms with Crippen LogP contribution < -0.4 is 0 Å². The molecular weight excluding hydrogens is 252 g/mol. The molecular formula is C15H26N4O. The van der Waals surface area contributed by atoms with E-state index in [1.807, 2.05) is 19.3 Å². The first kappa shape index (κ1) is 15.4. The van der Waals surface area contributed by atoms with Crippen LogP contribution in [0.4, 0.5) is 0 Å². The lowest BCUT2D eigenvalue weighted by Crippen LogP contribution is -2.46. The van der Waals surface area contributed by atoms with E-state index in [4.69, 9.17) is 0 Å². The molecule has 112 valence electrons. The molecule has 0 aliphatic carbocycles. The average Bonchev–Trinajstić information content (AvgIpc) is 2.43. The molecule has 1 aromatic heterocycles. The molecule has 0 spiro atoms. The summed E-state index contributed by atoms with van der Waals surface area (Å²) in [5.41, 5.74) is 1.24. The number of aromatic nitrogens is 2. The van der Waals surface area contributed by atoms with E-state index >= 15 is 0 Å². The molecule has 20 heavy (non-hydrogen) atoms. The summed E-state index contributed by atoms with van der Waals surface area (Å²) in [4.78, 5) is 13.1. The van der Waals surface area contributed by atoms with Gasteiger partial charge in [0.15, 0.2) is 0 Å². The summed E-state index contributed by atoms with van der Waals surface area (Å²) >= 11 is 0. The first-order valence-electron chi connectivity index (χ1n) is 7.28. The highest BCUT2D eigenvalue weighted by molar-refractivity contribution is 5.05. The van der Waals surface area contributed by atoms with Crippen LogP contribution in [0.2, 0.25) is 0 Å². The highest BCUT2D eigenvalue weighted by atomic mass is 16.3. The molecule has 5 nitrogen and oxygen atoms in total. The van der Waals surface area contributed by atoms with Crippen LogP contribution in [0.3, 0.4) is 0 Å². The van der Waals surface area contributed by atoms with Gasteiger partial charge in [-0.2, -0.15) is 0 Å². The zero-order chi connectivity index (χ0) is 14.6. The van der Waals surface area contributed by atoms with E-state index in [0.29, 0.717) is 0 Å². The van der Waals surface area contributed by atoms with Gasteiger partial charge in [0.05, 0.1) is 6.61 Å². The molecule has 0 aromatic carbocycles. The van der Waals surface area contributed by atoms with Crippen molar-refractivity contribution in [3.8, 4) is 0 Å². The molecule has 2 heterocycles. The van der Waals surface area contributed by atoms with Gasteiger partial charge in [-0.3, -0.25) is 4.90 Å². The van der Waals surface area contributed by atoms with Crippen molar-refractivity contribution in [2.45, 2.75) is 26.3 Å². The van der Waals surface area contributed by atoms with E-state index < -0.39 is 0 Å². The third-order valence-corrected chi connectivity index (χ3v) is 4.14. The summed E-state index contributed by atoms with van der Waals surface area (Å²) in [7, 11) is 4.15. The number of piperidine rings is 1. The molecule has 0 amide bonds. The highest BCUT2D eigenvalue weighted by Crippen LogP contribution is 2.32. The fourth-order valence-electron chi connectivity index (χ4n) is 2.98. The predicted molar refractivity (Wildman–Crippen MR) is 79.4 cm³/mol. The zero-order valence-electron chi connectivity index (χ0n) is 12.8. The Balaban J connectivity index is 1.88. The normalized spacial score (nSPS) is 19.4. The molecule has 1 fully saturated rings. The Hall–Kier alpha value is -1.04. The first-order chi connectivity index (χ1) is 9.53. The molecule has 0 saturated carbocycles. The molecule has 0 radical (unpaired) electrons. The van der Waals surface area contributed by atoms with Crippen LogP contribution >= 0.6 is 0 Å². The second-order valence-corrected chi connectivity index (χ2v) is 6.31. The van der Waals surface area contributed by atoms with Crippen LogP contribution in [0.5, 0.6) is 0 Å². The minimum Gasteiger partial charge on any atom is -0.396 e. The van der Waals surface area contributed by atoms with E-state index in [1.165, 1.54) is 5.56 Å². The quantitative estimate of drug-likeness (QED) is 0.868. The van der Waals surface area contributed by atoms with Gasteiger partial charge in [0.2, 0.25) is 0 Å². The van der Waals surface area contributed by atoms with Crippen LogP contribution in [0, 0.1) is 12.3 Å². The maximum Gasteiger partial charge on any atom is 0.125 e. The highest BCUT2D eigenvalue weighted by Gasteiger charge is 2.34. The number of aryl methyl sites for hydroxylation is 1. The number of rotatable bonds is 5. The topological polar surface area (TPSA) is 52.5 Å². The average molecular weight is 278 g/mol.